The van der Waals surface area contributed by atoms with Crippen molar-refractivity contribution in [2.75, 3.05) is 13.1 Å². The smallest absolute Gasteiger partial charge is 0.274 e. The first kappa shape index (κ1) is 15.1. The van der Waals surface area contributed by atoms with Crippen LogP contribution in [0.1, 0.15) is 37.0 Å². The number of rotatable bonds is 5. The van der Waals surface area contributed by atoms with E-state index < -0.39 is 0 Å². The van der Waals surface area contributed by atoms with Crippen molar-refractivity contribution in [1.29, 1.82) is 0 Å². The first-order valence-electron chi connectivity index (χ1n) is 6.31. The molecule has 0 saturated carbocycles. The van der Waals surface area contributed by atoms with Crippen molar-refractivity contribution in [1.82, 2.24) is 20.2 Å². The highest BCUT2D eigenvalue weighted by Crippen LogP contribution is 2.01. The Labute approximate surface area is 113 Å². The Bertz CT molecular complexity index is 442. The number of aryl methyl sites for hydroxylation is 1. The van der Waals surface area contributed by atoms with Crippen molar-refractivity contribution in [3.8, 4) is 0 Å². The first-order valence-corrected chi connectivity index (χ1v) is 6.31. The summed E-state index contributed by atoms with van der Waals surface area (Å²) in [5.74, 6) is -0.459. The van der Waals surface area contributed by atoms with Gasteiger partial charge in [-0.25, -0.2) is 4.98 Å². The number of nitrogens with one attached hydrogen (secondary N) is 1. The van der Waals surface area contributed by atoms with E-state index in [0.717, 1.165) is 5.69 Å². The monoisotopic (exact) mass is 264 g/mol. The summed E-state index contributed by atoms with van der Waals surface area (Å²) in [7, 11) is 0. The fourth-order valence-electron chi connectivity index (χ4n) is 1.53. The molecule has 104 valence electrons. The highest BCUT2D eigenvalue weighted by atomic mass is 16.2. The lowest BCUT2D eigenvalue weighted by Crippen LogP contribution is -2.42. The summed E-state index contributed by atoms with van der Waals surface area (Å²) < 4.78 is 0. The molecule has 2 amide bonds. The molecule has 0 bridgehead atoms. The molecule has 0 aromatic carbocycles. The van der Waals surface area contributed by atoms with Gasteiger partial charge in [0.25, 0.3) is 5.91 Å². The van der Waals surface area contributed by atoms with Crippen LogP contribution in [0.2, 0.25) is 0 Å². The molecule has 0 saturated heterocycles. The Balaban J connectivity index is 2.71. The lowest BCUT2D eigenvalue weighted by atomic mass is 10.3. The van der Waals surface area contributed by atoms with Crippen LogP contribution < -0.4 is 5.32 Å². The van der Waals surface area contributed by atoms with E-state index in [1.807, 2.05) is 20.8 Å². The van der Waals surface area contributed by atoms with Crippen molar-refractivity contribution < 1.29 is 9.59 Å². The van der Waals surface area contributed by atoms with Crippen LogP contribution in [0.3, 0.4) is 0 Å². The molecule has 0 aliphatic heterocycles. The maximum absolute atomic E-state index is 12.2. The summed E-state index contributed by atoms with van der Waals surface area (Å²) in [5.41, 5.74) is 1.00. The van der Waals surface area contributed by atoms with Gasteiger partial charge in [-0.1, -0.05) is 0 Å². The van der Waals surface area contributed by atoms with Gasteiger partial charge in [-0.15, -0.1) is 0 Å². The van der Waals surface area contributed by atoms with Gasteiger partial charge < -0.3 is 10.2 Å². The average molecular weight is 264 g/mol. The fraction of sp³-hybridized carbons (Fsp3) is 0.538. The number of aromatic nitrogens is 2. The van der Waals surface area contributed by atoms with Gasteiger partial charge in [0.2, 0.25) is 5.91 Å². The fourth-order valence-corrected chi connectivity index (χ4v) is 1.53. The van der Waals surface area contributed by atoms with Crippen LogP contribution in [-0.4, -0.2) is 45.8 Å². The number of carbonyl (C=O) groups excluding carboxylic acids is 2. The molecular weight excluding hydrogens is 244 g/mol. The van der Waals surface area contributed by atoms with Crippen molar-refractivity contribution in [2.45, 2.75) is 33.7 Å². The molecule has 1 N–H and O–H groups in total. The van der Waals surface area contributed by atoms with Crippen molar-refractivity contribution in [3.63, 3.8) is 0 Å². The summed E-state index contributed by atoms with van der Waals surface area (Å²) in [6.07, 6.45) is 2.97. The third-order valence-electron chi connectivity index (χ3n) is 2.45. The minimum absolute atomic E-state index is 0.0308. The van der Waals surface area contributed by atoms with E-state index in [0.29, 0.717) is 6.54 Å². The Morgan fingerprint density at radius 1 is 1.32 bits per heavy atom. The molecule has 1 rings (SSSR count). The molecule has 1 aromatic heterocycles. The number of likely N-dealkylation sites (N-methyl/N-ethyl adjacent to an activating group) is 1. The van der Waals surface area contributed by atoms with E-state index in [9.17, 15) is 9.59 Å². The maximum Gasteiger partial charge on any atom is 0.274 e. The van der Waals surface area contributed by atoms with Crippen LogP contribution in [0.15, 0.2) is 12.4 Å². The van der Waals surface area contributed by atoms with E-state index in [1.165, 1.54) is 17.3 Å². The second-order valence-electron chi connectivity index (χ2n) is 4.58. The largest absolute Gasteiger partial charge is 0.352 e. The zero-order valence-electron chi connectivity index (χ0n) is 11.8. The van der Waals surface area contributed by atoms with Crippen molar-refractivity contribution in [2.24, 2.45) is 0 Å². The second-order valence-corrected chi connectivity index (χ2v) is 4.58. The Morgan fingerprint density at radius 3 is 2.47 bits per heavy atom. The average Bonchev–Trinajstić information content (AvgIpc) is 2.35. The predicted octanol–water partition coefficient (Wildman–Crippen LogP) is 0.772. The number of hydrogen-bond acceptors (Lipinski definition) is 4. The SMILES string of the molecule is CCN(CC(=O)NC(C)C)C(=O)c1cnc(C)cn1. The van der Waals surface area contributed by atoms with Gasteiger partial charge >= 0.3 is 0 Å². The highest BCUT2D eigenvalue weighted by Gasteiger charge is 2.18. The molecule has 1 heterocycles. The van der Waals surface area contributed by atoms with Crippen LogP contribution in [0, 0.1) is 6.92 Å². The quantitative estimate of drug-likeness (QED) is 0.852. The Morgan fingerprint density at radius 2 is 2.00 bits per heavy atom. The van der Waals surface area contributed by atoms with Crippen LogP contribution >= 0.6 is 0 Å². The Kier molecular flexibility index (Phi) is 5.41. The molecular formula is C13H20N4O2. The summed E-state index contributed by atoms with van der Waals surface area (Å²) in [5, 5.41) is 2.75. The van der Waals surface area contributed by atoms with Gasteiger partial charge in [0, 0.05) is 18.8 Å². The van der Waals surface area contributed by atoms with Gasteiger partial charge in [-0.2, -0.15) is 0 Å². The maximum atomic E-state index is 12.2. The van der Waals surface area contributed by atoms with Crippen LogP contribution in [0.25, 0.3) is 0 Å². The van der Waals surface area contributed by atoms with E-state index in [2.05, 4.69) is 15.3 Å². The predicted molar refractivity (Wildman–Crippen MR) is 71.6 cm³/mol. The minimum atomic E-state index is -0.283. The zero-order chi connectivity index (χ0) is 14.4. The molecule has 0 radical (unpaired) electrons. The molecule has 19 heavy (non-hydrogen) atoms. The first-order chi connectivity index (χ1) is 8.93. The van der Waals surface area contributed by atoms with E-state index in [4.69, 9.17) is 0 Å². The van der Waals surface area contributed by atoms with Crippen LogP contribution in [0.5, 0.6) is 0 Å². The third kappa shape index (κ3) is 4.65. The zero-order valence-corrected chi connectivity index (χ0v) is 11.8. The molecule has 0 aliphatic carbocycles. The topological polar surface area (TPSA) is 75.2 Å². The number of nitrogens with zero attached hydrogens (tertiary/aromatic N) is 3. The van der Waals surface area contributed by atoms with E-state index in [-0.39, 0.29) is 30.1 Å². The van der Waals surface area contributed by atoms with Crippen molar-refractivity contribution in [3.05, 3.63) is 23.8 Å². The molecule has 1 aromatic rings. The Hall–Kier alpha value is -1.98. The molecule has 0 atom stereocenters. The summed E-state index contributed by atoms with van der Waals surface area (Å²) >= 11 is 0. The number of hydrogen-bond donors (Lipinski definition) is 1. The van der Waals surface area contributed by atoms with Gasteiger partial charge in [-0.05, 0) is 27.7 Å². The van der Waals surface area contributed by atoms with E-state index in [1.54, 1.807) is 6.92 Å². The molecule has 0 unspecified atom stereocenters. The van der Waals surface area contributed by atoms with Gasteiger partial charge in [0.05, 0.1) is 18.4 Å². The standard InChI is InChI=1S/C13H20N4O2/c1-5-17(8-12(18)16-9(2)3)13(19)11-7-14-10(4)6-15-11/h6-7,9H,5,8H2,1-4H3,(H,16,18). The molecule has 0 fully saturated rings. The normalized spacial score (nSPS) is 10.4. The molecule has 0 spiro atoms. The molecule has 6 nitrogen and oxygen atoms in total. The van der Waals surface area contributed by atoms with Gasteiger partial charge in [-0.3, -0.25) is 14.6 Å². The summed E-state index contributed by atoms with van der Waals surface area (Å²) in [6, 6.07) is 0.0560. The van der Waals surface area contributed by atoms with E-state index >= 15 is 0 Å². The highest BCUT2D eigenvalue weighted by molar-refractivity contribution is 5.94. The lowest BCUT2D eigenvalue weighted by Gasteiger charge is -2.20. The van der Waals surface area contributed by atoms with Gasteiger partial charge in [0.15, 0.2) is 0 Å². The summed E-state index contributed by atoms with van der Waals surface area (Å²) in [4.78, 5) is 33.3. The van der Waals surface area contributed by atoms with Crippen molar-refractivity contribution >= 4 is 11.8 Å². The molecule has 6 heteroatoms. The van der Waals surface area contributed by atoms with Crippen LogP contribution in [0.4, 0.5) is 0 Å². The van der Waals surface area contributed by atoms with Crippen LogP contribution in [-0.2, 0) is 4.79 Å². The second kappa shape index (κ2) is 6.82. The number of carbonyl (C=O) groups is 2. The lowest BCUT2D eigenvalue weighted by molar-refractivity contribution is -0.122. The third-order valence-corrected chi connectivity index (χ3v) is 2.45. The minimum Gasteiger partial charge on any atom is -0.352 e. The number of amides is 2. The molecule has 0 aliphatic rings. The van der Waals surface area contributed by atoms with Gasteiger partial charge in [0.1, 0.15) is 5.69 Å². The summed E-state index contributed by atoms with van der Waals surface area (Å²) in [6.45, 7) is 7.85.